The molecule has 0 spiro atoms. The van der Waals surface area contributed by atoms with Crippen LogP contribution < -0.4 is 14.7 Å². The summed E-state index contributed by atoms with van der Waals surface area (Å²) in [5.41, 5.74) is 1.67. The topological polar surface area (TPSA) is 85.7 Å². The van der Waals surface area contributed by atoms with Crippen LogP contribution in [0, 0.1) is 5.82 Å². The minimum atomic E-state index is -1.06. The number of benzene rings is 1. The van der Waals surface area contributed by atoms with Crippen molar-refractivity contribution in [2.24, 2.45) is 0 Å². The molecular formula is C25H26ClFN6O2. The highest BCUT2D eigenvalue weighted by Crippen LogP contribution is 2.31. The number of rotatable bonds is 5. The SMILES string of the molecule is CC1CN(c2ncc(C(=O)O)cc2Cl)CCN1c1cc(-c2ccc(F)cc2)nc(N2CCCC2)n1. The summed E-state index contributed by atoms with van der Waals surface area (Å²) in [6.45, 7) is 5.94. The molecule has 1 N–H and O–H groups in total. The third-order valence-electron chi connectivity index (χ3n) is 6.52. The third-order valence-corrected chi connectivity index (χ3v) is 6.80. The summed E-state index contributed by atoms with van der Waals surface area (Å²) in [5, 5.41) is 9.50. The van der Waals surface area contributed by atoms with E-state index in [9.17, 15) is 14.3 Å². The van der Waals surface area contributed by atoms with Crippen molar-refractivity contribution in [3.05, 3.63) is 59.0 Å². The number of carboxylic acid groups (broad SMARTS) is 1. The van der Waals surface area contributed by atoms with Crippen molar-refractivity contribution in [1.82, 2.24) is 15.0 Å². The number of piperazine rings is 1. The first-order chi connectivity index (χ1) is 16.9. The molecule has 2 aromatic heterocycles. The van der Waals surface area contributed by atoms with Gasteiger partial charge in [0.25, 0.3) is 0 Å². The Labute approximate surface area is 208 Å². The van der Waals surface area contributed by atoms with Crippen LogP contribution in [0.2, 0.25) is 5.02 Å². The van der Waals surface area contributed by atoms with E-state index in [1.165, 1.54) is 24.4 Å². The standard InChI is InChI=1S/C25H26ClFN6O2/c1-16-15-32(23-20(26)12-18(14-28-23)24(34)35)10-11-33(16)22-13-21(17-4-6-19(27)7-5-17)29-25(30-22)31-8-2-3-9-31/h4-7,12-14,16H,2-3,8-11,15H2,1H3,(H,34,35). The highest BCUT2D eigenvalue weighted by Gasteiger charge is 2.28. The van der Waals surface area contributed by atoms with E-state index in [1.54, 1.807) is 12.1 Å². The smallest absolute Gasteiger partial charge is 0.337 e. The molecule has 4 heterocycles. The summed E-state index contributed by atoms with van der Waals surface area (Å²) in [6, 6.07) is 9.86. The van der Waals surface area contributed by atoms with Gasteiger partial charge in [-0.1, -0.05) is 11.6 Å². The molecule has 8 nitrogen and oxygen atoms in total. The Kier molecular flexibility index (Phi) is 6.42. The summed E-state index contributed by atoms with van der Waals surface area (Å²) in [7, 11) is 0. The van der Waals surface area contributed by atoms with Gasteiger partial charge in [0.2, 0.25) is 5.95 Å². The molecule has 182 valence electrons. The van der Waals surface area contributed by atoms with Crippen LogP contribution >= 0.6 is 11.6 Å². The second-order valence-electron chi connectivity index (χ2n) is 8.94. The van der Waals surface area contributed by atoms with Crippen LogP contribution in [0.1, 0.15) is 30.1 Å². The van der Waals surface area contributed by atoms with Crippen molar-refractivity contribution in [3.8, 4) is 11.3 Å². The van der Waals surface area contributed by atoms with E-state index in [4.69, 9.17) is 21.6 Å². The Morgan fingerprint density at radius 2 is 1.80 bits per heavy atom. The number of nitrogens with zero attached hydrogens (tertiary/aromatic N) is 6. The quantitative estimate of drug-likeness (QED) is 0.558. The van der Waals surface area contributed by atoms with Crippen molar-refractivity contribution in [3.63, 3.8) is 0 Å². The minimum absolute atomic E-state index is 0.0641. The van der Waals surface area contributed by atoms with Crippen molar-refractivity contribution in [1.29, 1.82) is 0 Å². The highest BCUT2D eigenvalue weighted by atomic mass is 35.5. The summed E-state index contributed by atoms with van der Waals surface area (Å²) < 4.78 is 13.5. The average molecular weight is 497 g/mol. The van der Waals surface area contributed by atoms with E-state index in [-0.39, 0.29) is 17.4 Å². The Balaban J connectivity index is 1.42. The van der Waals surface area contributed by atoms with Crippen molar-refractivity contribution in [2.75, 3.05) is 47.4 Å². The molecule has 1 atom stereocenters. The van der Waals surface area contributed by atoms with E-state index >= 15 is 0 Å². The van der Waals surface area contributed by atoms with Gasteiger partial charge in [-0.2, -0.15) is 4.98 Å². The van der Waals surface area contributed by atoms with Crippen LogP contribution in [0.5, 0.6) is 0 Å². The van der Waals surface area contributed by atoms with Crippen molar-refractivity contribution >= 4 is 35.2 Å². The molecular weight excluding hydrogens is 471 g/mol. The third kappa shape index (κ3) is 4.86. The maximum Gasteiger partial charge on any atom is 0.337 e. The monoisotopic (exact) mass is 496 g/mol. The number of hydrogen-bond donors (Lipinski definition) is 1. The maximum absolute atomic E-state index is 13.5. The lowest BCUT2D eigenvalue weighted by atomic mass is 10.1. The Hall–Kier alpha value is -3.46. The van der Waals surface area contributed by atoms with Gasteiger partial charge >= 0.3 is 5.97 Å². The van der Waals surface area contributed by atoms with Crippen LogP contribution in [0.25, 0.3) is 11.3 Å². The number of aromatic nitrogens is 3. The molecule has 2 aliphatic rings. The molecule has 0 amide bonds. The normalized spacial score (nSPS) is 18.3. The van der Waals surface area contributed by atoms with E-state index in [0.717, 1.165) is 43.0 Å². The van der Waals surface area contributed by atoms with Gasteiger partial charge in [0.15, 0.2) is 0 Å². The molecule has 1 unspecified atom stereocenters. The van der Waals surface area contributed by atoms with Gasteiger partial charge in [0, 0.05) is 56.6 Å². The van der Waals surface area contributed by atoms with Gasteiger partial charge in [-0.25, -0.2) is 19.2 Å². The van der Waals surface area contributed by atoms with Gasteiger partial charge in [-0.05, 0) is 50.1 Å². The summed E-state index contributed by atoms with van der Waals surface area (Å²) in [4.78, 5) is 31.8. The number of carboxylic acids is 1. The first kappa shape index (κ1) is 23.3. The van der Waals surface area contributed by atoms with Gasteiger partial charge in [-0.3, -0.25) is 0 Å². The molecule has 0 radical (unpaired) electrons. The lowest BCUT2D eigenvalue weighted by molar-refractivity contribution is 0.0696. The maximum atomic E-state index is 13.5. The first-order valence-electron chi connectivity index (χ1n) is 11.7. The van der Waals surface area contributed by atoms with Crippen molar-refractivity contribution in [2.45, 2.75) is 25.8 Å². The van der Waals surface area contributed by atoms with Crippen LogP contribution in [0.15, 0.2) is 42.6 Å². The molecule has 0 bridgehead atoms. The molecule has 0 saturated carbocycles. The van der Waals surface area contributed by atoms with Gasteiger partial charge in [0.05, 0.1) is 16.3 Å². The summed E-state index contributed by atoms with van der Waals surface area (Å²) >= 11 is 6.37. The Bertz CT molecular complexity index is 1240. The highest BCUT2D eigenvalue weighted by molar-refractivity contribution is 6.33. The van der Waals surface area contributed by atoms with Crippen molar-refractivity contribution < 1.29 is 14.3 Å². The van der Waals surface area contributed by atoms with Gasteiger partial charge in [-0.15, -0.1) is 0 Å². The fourth-order valence-electron chi connectivity index (χ4n) is 4.67. The Morgan fingerprint density at radius 3 is 2.46 bits per heavy atom. The molecule has 3 aromatic rings. The van der Waals surface area contributed by atoms with Crippen LogP contribution in [0.4, 0.5) is 22.0 Å². The fraction of sp³-hybridized carbons (Fsp3) is 0.360. The Morgan fingerprint density at radius 1 is 1.06 bits per heavy atom. The van der Waals surface area contributed by atoms with E-state index in [1.807, 2.05) is 6.07 Å². The second-order valence-corrected chi connectivity index (χ2v) is 9.34. The zero-order valence-electron chi connectivity index (χ0n) is 19.4. The average Bonchev–Trinajstić information content (AvgIpc) is 3.39. The zero-order chi connectivity index (χ0) is 24.5. The zero-order valence-corrected chi connectivity index (χ0v) is 20.1. The summed E-state index contributed by atoms with van der Waals surface area (Å²) in [5.74, 6) is 0.766. The van der Waals surface area contributed by atoms with E-state index in [0.29, 0.717) is 36.4 Å². The van der Waals surface area contributed by atoms with Gasteiger partial charge < -0.3 is 19.8 Å². The fourth-order valence-corrected chi connectivity index (χ4v) is 4.95. The molecule has 2 aliphatic heterocycles. The second kappa shape index (κ2) is 9.65. The van der Waals surface area contributed by atoms with Gasteiger partial charge in [0.1, 0.15) is 17.5 Å². The first-order valence-corrected chi connectivity index (χ1v) is 12.1. The molecule has 2 fully saturated rings. The molecule has 0 aliphatic carbocycles. The number of hydrogen-bond acceptors (Lipinski definition) is 7. The summed E-state index contributed by atoms with van der Waals surface area (Å²) in [6.07, 6.45) is 3.56. The molecule has 35 heavy (non-hydrogen) atoms. The van der Waals surface area contributed by atoms with Crippen LogP contribution in [-0.2, 0) is 0 Å². The minimum Gasteiger partial charge on any atom is -0.478 e. The predicted octanol–water partition coefficient (Wildman–Crippen LogP) is 4.34. The molecule has 10 heteroatoms. The van der Waals surface area contributed by atoms with Crippen LogP contribution in [-0.4, -0.2) is 64.8 Å². The number of carbonyl (C=O) groups is 1. The largest absolute Gasteiger partial charge is 0.478 e. The predicted molar refractivity (Wildman–Crippen MR) is 134 cm³/mol. The van der Waals surface area contributed by atoms with Crippen LogP contribution in [0.3, 0.4) is 0 Å². The lowest BCUT2D eigenvalue weighted by Gasteiger charge is -2.41. The molecule has 2 saturated heterocycles. The molecule has 5 rings (SSSR count). The molecule has 1 aromatic carbocycles. The number of anilines is 3. The number of pyridine rings is 1. The number of aromatic carboxylic acids is 1. The number of halogens is 2. The van der Waals surface area contributed by atoms with E-state index < -0.39 is 5.97 Å². The lowest BCUT2D eigenvalue weighted by Crippen LogP contribution is -2.52. The van der Waals surface area contributed by atoms with E-state index in [2.05, 4.69) is 26.6 Å².